The Morgan fingerprint density at radius 2 is 2.46 bits per heavy atom. The molecule has 3 heteroatoms. The molecule has 2 rings (SSSR count). The molecule has 0 aromatic carbocycles. The predicted octanol–water partition coefficient (Wildman–Crippen LogP) is 1.42. The molecule has 0 saturated carbocycles. The van der Waals surface area contributed by atoms with E-state index in [4.69, 9.17) is 4.74 Å². The molecule has 1 aliphatic heterocycles. The van der Waals surface area contributed by atoms with Crippen LogP contribution in [0.25, 0.3) is 0 Å². The highest BCUT2D eigenvalue weighted by molar-refractivity contribution is 5.11. The molecule has 1 fully saturated rings. The summed E-state index contributed by atoms with van der Waals surface area (Å²) < 4.78 is 5.50. The summed E-state index contributed by atoms with van der Waals surface area (Å²) in [5, 5.41) is 0. The predicted molar refractivity (Wildman–Crippen MR) is 48.4 cm³/mol. The largest absolute Gasteiger partial charge is 0.373 e. The Balaban J connectivity index is 2.24. The Labute approximate surface area is 76.7 Å². The molecule has 1 atom stereocenters. The van der Waals surface area contributed by atoms with Crippen LogP contribution in [0.1, 0.15) is 30.9 Å². The number of hydrogen-bond acceptors (Lipinski definition) is 2. The Morgan fingerprint density at radius 3 is 3.15 bits per heavy atom. The second kappa shape index (κ2) is 3.75. The van der Waals surface area contributed by atoms with Gasteiger partial charge in [0.15, 0.2) is 0 Å². The first-order chi connectivity index (χ1) is 6.38. The van der Waals surface area contributed by atoms with Crippen LogP contribution >= 0.6 is 0 Å². The first-order valence-electron chi connectivity index (χ1n) is 4.58. The number of aromatic nitrogens is 1. The van der Waals surface area contributed by atoms with Crippen molar-refractivity contribution in [1.29, 1.82) is 0 Å². The fraction of sp³-hybridized carbons (Fsp3) is 0.500. The molecule has 1 saturated heterocycles. The van der Waals surface area contributed by atoms with Crippen LogP contribution in [0.2, 0.25) is 0 Å². The minimum atomic E-state index is -0.0503. The van der Waals surface area contributed by atoms with E-state index in [1.54, 1.807) is 6.07 Å². The third-order valence-electron chi connectivity index (χ3n) is 2.31. The maximum absolute atomic E-state index is 11.4. The van der Waals surface area contributed by atoms with E-state index in [9.17, 15) is 4.79 Å². The molecule has 1 radical (unpaired) electrons. The zero-order chi connectivity index (χ0) is 9.10. The summed E-state index contributed by atoms with van der Waals surface area (Å²) >= 11 is 0. The van der Waals surface area contributed by atoms with Gasteiger partial charge in [0.1, 0.15) is 0 Å². The van der Waals surface area contributed by atoms with E-state index in [-0.39, 0.29) is 11.7 Å². The zero-order valence-electron chi connectivity index (χ0n) is 7.38. The molecule has 0 spiro atoms. The molecule has 1 aromatic heterocycles. The summed E-state index contributed by atoms with van der Waals surface area (Å²) in [6.07, 6.45) is 4.69. The monoisotopic (exact) mass is 178 g/mol. The van der Waals surface area contributed by atoms with Crippen molar-refractivity contribution in [2.24, 2.45) is 0 Å². The Kier molecular flexibility index (Phi) is 2.45. The molecule has 3 nitrogen and oxygen atoms in total. The van der Waals surface area contributed by atoms with Crippen molar-refractivity contribution in [3.63, 3.8) is 0 Å². The van der Waals surface area contributed by atoms with Gasteiger partial charge in [0.25, 0.3) is 5.56 Å². The molecule has 69 valence electrons. The molecular weight excluding hydrogens is 166 g/mol. The van der Waals surface area contributed by atoms with Gasteiger partial charge in [-0.25, -0.2) is 0 Å². The highest BCUT2D eigenvalue weighted by Crippen LogP contribution is 2.24. The van der Waals surface area contributed by atoms with Crippen molar-refractivity contribution in [1.82, 2.24) is 4.98 Å². The van der Waals surface area contributed by atoms with Crippen molar-refractivity contribution in [3.05, 3.63) is 34.2 Å². The fourth-order valence-corrected chi connectivity index (χ4v) is 1.61. The van der Waals surface area contributed by atoms with Crippen LogP contribution in [0.15, 0.2) is 17.1 Å². The van der Waals surface area contributed by atoms with E-state index in [2.05, 4.69) is 11.1 Å². The van der Waals surface area contributed by atoms with E-state index >= 15 is 0 Å². The van der Waals surface area contributed by atoms with Gasteiger partial charge in [-0.05, 0) is 31.4 Å². The zero-order valence-corrected chi connectivity index (χ0v) is 7.38. The Morgan fingerprint density at radius 1 is 1.54 bits per heavy atom. The number of aromatic amines is 1. The van der Waals surface area contributed by atoms with Gasteiger partial charge in [-0.1, -0.05) is 0 Å². The van der Waals surface area contributed by atoms with Gasteiger partial charge in [-0.3, -0.25) is 4.79 Å². The third kappa shape index (κ3) is 1.80. The number of pyridine rings is 1. The first kappa shape index (κ1) is 8.51. The minimum absolute atomic E-state index is 0.0186. The third-order valence-corrected chi connectivity index (χ3v) is 2.31. The fourth-order valence-electron chi connectivity index (χ4n) is 1.61. The standard InChI is InChI=1S/C10H12NO2/c12-10-8(4-3-6-11-10)9-5-1-2-7-13-9/h4,6,9H,1-2,5,7H2,(H,11,12). The van der Waals surface area contributed by atoms with Gasteiger partial charge in [0, 0.05) is 18.4 Å². The van der Waals surface area contributed by atoms with E-state index in [1.807, 2.05) is 0 Å². The lowest BCUT2D eigenvalue weighted by atomic mass is 10.0. The molecule has 13 heavy (non-hydrogen) atoms. The van der Waals surface area contributed by atoms with Crippen LogP contribution in [-0.2, 0) is 4.74 Å². The molecule has 0 bridgehead atoms. The SMILES string of the molecule is O=c1[nH]c[c]cc1C1CCCCO1. The topological polar surface area (TPSA) is 42.1 Å². The van der Waals surface area contributed by atoms with Crippen molar-refractivity contribution >= 4 is 0 Å². The minimum Gasteiger partial charge on any atom is -0.373 e. The number of nitrogens with one attached hydrogen (secondary N) is 1. The number of ether oxygens (including phenoxy) is 1. The van der Waals surface area contributed by atoms with Crippen LogP contribution in [0, 0.1) is 6.07 Å². The van der Waals surface area contributed by atoms with Crippen molar-refractivity contribution < 1.29 is 4.74 Å². The smallest absolute Gasteiger partial charge is 0.253 e. The molecule has 0 aliphatic carbocycles. The van der Waals surface area contributed by atoms with Crippen LogP contribution < -0.4 is 5.56 Å². The van der Waals surface area contributed by atoms with E-state index < -0.39 is 0 Å². The highest BCUT2D eigenvalue weighted by Gasteiger charge is 2.18. The highest BCUT2D eigenvalue weighted by atomic mass is 16.5. The van der Waals surface area contributed by atoms with Gasteiger partial charge in [0.05, 0.1) is 6.10 Å². The maximum Gasteiger partial charge on any atom is 0.253 e. The lowest BCUT2D eigenvalue weighted by molar-refractivity contribution is 0.0141. The molecule has 0 amide bonds. The number of H-pyrrole nitrogens is 1. The second-order valence-corrected chi connectivity index (χ2v) is 3.24. The second-order valence-electron chi connectivity index (χ2n) is 3.24. The molecule has 1 aromatic rings. The average Bonchev–Trinajstić information content (AvgIpc) is 2.20. The summed E-state index contributed by atoms with van der Waals surface area (Å²) in [6, 6.07) is 4.58. The maximum atomic E-state index is 11.4. The van der Waals surface area contributed by atoms with Crippen LogP contribution in [0.4, 0.5) is 0 Å². The van der Waals surface area contributed by atoms with Gasteiger partial charge in [-0.15, -0.1) is 0 Å². The molecule has 1 aliphatic rings. The van der Waals surface area contributed by atoms with Gasteiger partial charge >= 0.3 is 0 Å². The van der Waals surface area contributed by atoms with Crippen LogP contribution in [0.3, 0.4) is 0 Å². The summed E-state index contributed by atoms with van der Waals surface area (Å²) in [7, 11) is 0. The molecule has 1 unspecified atom stereocenters. The quantitative estimate of drug-likeness (QED) is 0.706. The van der Waals surface area contributed by atoms with Crippen LogP contribution in [-0.4, -0.2) is 11.6 Å². The van der Waals surface area contributed by atoms with Gasteiger partial charge in [0.2, 0.25) is 0 Å². The lowest BCUT2D eigenvalue weighted by Crippen LogP contribution is -2.20. The summed E-state index contributed by atoms with van der Waals surface area (Å²) in [5.41, 5.74) is 0.660. The van der Waals surface area contributed by atoms with Crippen molar-refractivity contribution in [3.8, 4) is 0 Å². The van der Waals surface area contributed by atoms with Gasteiger partial charge in [-0.2, -0.15) is 0 Å². The summed E-state index contributed by atoms with van der Waals surface area (Å²) in [5.74, 6) is 0. The van der Waals surface area contributed by atoms with E-state index in [0.29, 0.717) is 5.56 Å². The lowest BCUT2D eigenvalue weighted by Gasteiger charge is -2.21. The number of rotatable bonds is 1. The normalized spacial score (nSPS) is 22.9. The molecule has 2 heterocycles. The van der Waals surface area contributed by atoms with E-state index in [0.717, 1.165) is 25.9 Å². The van der Waals surface area contributed by atoms with Gasteiger partial charge < -0.3 is 9.72 Å². The summed E-state index contributed by atoms with van der Waals surface area (Å²) in [4.78, 5) is 14.0. The Bertz CT molecular complexity index is 326. The average molecular weight is 178 g/mol. The molecular formula is C10H12NO2. The molecule has 1 N–H and O–H groups in total. The van der Waals surface area contributed by atoms with Crippen molar-refractivity contribution in [2.45, 2.75) is 25.4 Å². The Hall–Kier alpha value is -1.09. The van der Waals surface area contributed by atoms with Crippen molar-refractivity contribution in [2.75, 3.05) is 6.61 Å². The van der Waals surface area contributed by atoms with Crippen LogP contribution in [0.5, 0.6) is 0 Å². The number of hydrogen-bond donors (Lipinski definition) is 1. The summed E-state index contributed by atoms with van der Waals surface area (Å²) in [6.45, 7) is 0.763. The van der Waals surface area contributed by atoms with E-state index in [1.165, 1.54) is 6.20 Å². The first-order valence-corrected chi connectivity index (χ1v) is 4.58.